The minimum atomic E-state index is -0.911. The number of carbonyl (C=O) groups excluding carboxylic acids is 2. The molecule has 0 spiro atoms. The third-order valence-corrected chi connectivity index (χ3v) is 5.86. The number of aliphatic hydroxyl groups is 1. The Kier molecular flexibility index (Phi) is 6.65. The third-order valence-electron chi connectivity index (χ3n) is 5.86. The molecule has 0 fully saturated rings. The van der Waals surface area contributed by atoms with Crippen LogP contribution in [0.2, 0.25) is 0 Å². The van der Waals surface area contributed by atoms with Gasteiger partial charge in [0, 0.05) is 5.57 Å². The summed E-state index contributed by atoms with van der Waals surface area (Å²) >= 11 is 0. The molecule has 2 rings (SSSR count). The molecule has 4 nitrogen and oxygen atoms in total. The summed E-state index contributed by atoms with van der Waals surface area (Å²) < 4.78 is 5.55. The maximum absolute atomic E-state index is 13.3. The summed E-state index contributed by atoms with van der Waals surface area (Å²) in [7, 11) is 1.51. The molecule has 1 aliphatic rings. The van der Waals surface area contributed by atoms with Crippen molar-refractivity contribution in [3.05, 3.63) is 63.6 Å². The third kappa shape index (κ3) is 3.56. The molecule has 0 unspecified atom stereocenters. The molecule has 0 saturated carbocycles. The molecule has 1 N–H and O–H groups in total. The van der Waals surface area contributed by atoms with E-state index in [2.05, 4.69) is 0 Å². The van der Waals surface area contributed by atoms with Gasteiger partial charge in [0.25, 0.3) is 0 Å². The predicted octanol–water partition coefficient (Wildman–Crippen LogP) is 5.40. The number of aryl methyl sites for hydroxylation is 2. The van der Waals surface area contributed by atoms with Gasteiger partial charge in [-0.15, -0.1) is 0 Å². The first-order valence-corrected chi connectivity index (χ1v) is 9.82. The molecule has 0 amide bonds. The first-order valence-electron chi connectivity index (χ1n) is 9.82. The SMILES string of the molecule is CCC1=C(OC)C(CC)(CC)C(=O)C(C(=O)/C=C/c2ccc(C)c(C)c2)=C1O. The molecule has 0 heterocycles. The van der Waals surface area contributed by atoms with Crippen LogP contribution in [-0.4, -0.2) is 23.8 Å². The fraction of sp³-hybridized carbons (Fsp3) is 0.417. The lowest BCUT2D eigenvalue weighted by Gasteiger charge is -2.37. The number of methoxy groups -OCH3 is 1. The Hall–Kier alpha value is -2.62. The number of carbonyl (C=O) groups is 2. The van der Waals surface area contributed by atoms with Crippen LogP contribution < -0.4 is 0 Å². The maximum atomic E-state index is 13.3. The Morgan fingerprint density at radius 3 is 2.29 bits per heavy atom. The zero-order chi connectivity index (χ0) is 21.1. The first kappa shape index (κ1) is 21.7. The van der Waals surface area contributed by atoms with Crippen molar-refractivity contribution in [1.82, 2.24) is 0 Å². The van der Waals surface area contributed by atoms with Crippen molar-refractivity contribution in [2.75, 3.05) is 7.11 Å². The highest BCUT2D eigenvalue weighted by Gasteiger charge is 2.49. The van der Waals surface area contributed by atoms with Crippen LogP contribution >= 0.6 is 0 Å². The van der Waals surface area contributed by atoms with Gasteiger partial charge in [-0.05, 0) is 55.9 Å². The number of Topliss-reactive ketones (excluding diaryl/α,β-unsaturated/α-hetero) is 1. The number of benzene rings is 1. The van der Waals surface area contributed by atoms with Crippen LogP contribution in [0.4, 0.5) is 0 Å². The zero-order valence-corrected chi connectivity index (χ0v) is 17.7. The second-order valence-electron chi connectivity index (χ2n) is 7.25. The predicted molar refractivity (Wildman–Crippen MR) is 112 cm³/mol. The average Bonchev–Trinajstić information content (AvgIpc) is 2.68. The molecule has 28 heavy (non-hydrogen) atoms. The monoisotopic (exact) mass is 382 g/mol. The Morgan fingerprint density at radius 2 is 1.79 bits per heavy atom. The van der Waals surface area contributed by atoms with Gasteiger partial charge in [-0.25, -0.2) is 0 Å². The molecule has 0 bridgehead atoms. The molecule has 4 heteroatoms. The summed E-state index contributed by atoms with van der Waals surface area (Å²) in [6.07, 6.45) is 4.53. The van der Waals surface area contributed by atoms with Crippen LogP contribution in [0.3, 0.4) is 0 Å². The van der Waals surface area contributed by atoms with Gasteiger partial charge >= 0.3 is 0 Å². The smallest absolute Gasteiger partial charge is 0.193 e. The average molecular weight is 383 g/mol. The fourth-order valence-electron chi connectivity index (χ4n) is 3.89. The molecule has 0 radical (unpaired) electrons. The van der Waals surface area contributed by atoms with Gasteiger partial charge in [0.2, 0.25) is 0 Å². The minimum absolute atomic E-state index is 0.138. The van der Waals surface area contributed by atoms with Crippen molar-refractivity contribution in [2.24, 2.45) is 5.41 Å². The molecule has 1 aliphatic carbocycles. The van der Waals surface area contributed by atoms with Crippen molar-refractivity contribution < 1.29 is 19.4 Å². The Labute approximate surface area is 167 Å². The van der Waals surface area contributed by atoms with Crippen molar-refractivity contribution in [1.29, 1.82) is 0 Å². The van der Waals surface area contributed by atoms with Crippen molar-refractivity contribution >= 4 is 17.6 Å². The number of aliphatic hydroxyl groups excluding tert-OH is 1. The summed E-state index contributed by atoms with van der Waals surface area (Å²) in [6.45, 7) is 9.73. The molecule has 1 aromatic rings. The van der Waals surface area contributed by atoms with Gasteiger partial charge in [0.05, 0.1) is 12.5 Å². The second kappa shape index (κ2) is 8.59. The fourth-order valence-corrected chi connectivity index (χ4v) is 3.89. The lowest BCUT2D eigenvalue weighted by Crippen LogP contribution is -2.40. The van der Waals surface area contributed by atoms with E-state index in [-0.39, 0.29) is 17.1 Å². The summed E-state index contributed by atoms with van der Waals surface area (Å²) in [6, 6.07) is 5.90. The normalized spacial score (nSPS) is 16.9. The standard InChI is InChI=1S/C24H30O4/c1-7-18-21(26)20(22(27)24(8-2,9-3)23(18)28-6)19(25)13-12-17-11-10-15(4)16(5)14-17/h10-14,26H,7-9H2,1-6H3/b13-12+. The largest absolute Gasteiger partial charge is 0.507 e. The van der Waals surface area contributed by atoms with Crippen molar-refractivity contribution in [2.45, 2.75) is 53.9 Å². The topological polar surface area (TPSA) is 63.6 Å². The zero-order valence-electron chi connectivity index (χ0n) is 17.7. The number of rotatable bonds is 7. The van der Waals surface area contributed by atoms with E-state index in [9.17, 15) is 14.7 Å². The number of hydrogen-bond acceptors (Lipinski definition) is 4. The van der Waals surface area contributed by atoms with Crippen LogP contribution in [-0.2, 0) is 14.3 Å². The van der Waals surface area contributed by atoms with E-state index in [1.54, 1.807) is 6.08 Å². The van der Waals surface area contributed by atoms with Crippen molar-refractivity contribution in [3.63, 3.8) is 0 Å². The number of ether oxygens (including phenoxy) is 1. The Bertz CT molecular complexity index is 880. The van der Waals surface area contributed by atoms with E-state index in [0.29, 0.717) is 30.6 Å². The Morgan fingerprint density at radius 1 is 1.14 bits per heavy atom. The summed E-state index contributed by atoms with van der Waals surface area (Å²) in [5.41, 5.74) is 2.66. The lowest BCUT2D eigenvalue weighted by atomic mass is 9.68. The maximum Gasteiger partial charge on any atom is 0.193 e. The van der Waals surface area contributed by atoms with Gasteiger partial charge in [-0.2, -0.15) is 0 Å². The lowest BCUT2D eigenvalue weighted by molar-refractivity contribution is -0.128. The van der Waals surface area contributed by atoms with Crippen LogP contribution in [0, 0.1) is 19.3 Å². The highest BCUT2D eigenvalue weighted by molar-refractivity contribution is 6.28. The van der Waals surface area contributed by atoms with Gasteiger partial charge in [-0.1, -0.05) is 45.0 Å². The molecular formula is C24H30O4. The molecule has 1 aromatic carbocycles. The molecule has 0 saturated heterocycles. The van der Waals surface area contributed by atoms with Crippen molar-refractivity contribution in [3.8, 4) is 0 Å². The number of allylic oxidation sites excluding steroid dienone is 4. The molecular weight excluding hydrogens is 352 g/mol. The van der Waals surface area contributed by atoms with Crippen LogP contribution in [0.25, 0.3) is 6.08 Å². The van der Waals surface area contributed by atoms with Crippen LogP contribution in [0.5, 0.6) is 0 Å². The molecule has 0 aliphatic heterocycles. The number of ketones is 2. The van der Waals surface area contributed by atoms with Gasteiger partial charge < -0.3 is 9.84 Å². The second-order valence-corrected chi connectivity index (χ2v) is 7.25. The van der Waals surface area contributed by atoms with E-state index in [1.807, 2.05) is 52.8 Å². The van der Waals surface area contributed by atoms with E-state index < -0.39 is 11.2 Å². The van der Waals surface area contributed by atoms with E-state index in [1.165, 1.54) is 18.7 Å². The summed E-state index contributed by atoms with van der Waals surface area (Å²) in [4.78, 5) is 26.2. The van der Waals surface area contributed by atoms with E-state index in [0.717, 1.165) is 11.1 Å². The van der Waals surface area contributed by atoms with E-state index in [4.69, 9.17) is 4.74 Å². The molecule has 150 valence electrons. The summed E-state index contributed by atoms with van der Waals surface area (Å²) in [5.74, 6) is -0.610. The van der Waals surface area contributed by atoms with Gasteiger partial charge in [-0.3, -0.25) is 9.59 Å². The van der Waals surface area contributed by atoms with Crippen LogP contribution in [0.1, 0.15) is 56.7 Å². The van der Waals surface area contributed by atoms with Crippen LogP contribution in [0.15, 0.2) is 46.9 Å². The molecule has 0 atom stereocenters. The first-order chi connectivity index (χ1) is 13.3. The van der Waals surface area contributed by atoms with Gasteiger partial charge in [0.15, 0.2) is 11.6 Å². The van der Waals surface area contributed by atoms with Gasteiger partial charge in [0.1, 0.15) is 17.1 Å². The highest BCUT2D eigenvalue weighted by Crippen LogP contribution is 2.46. The Balaban J connectivity index is 2.53. The number of hydrogen-bond donors (Lipinski definition) is 1. The molecule has 0 aromatic heterocycles. The summed E-state index contributed by atoms with van der Waals surface area (Å²) in [5, 5.41) is 10.7. The minimum Gasteiger partial charge on any atom is -0.507 e. The van der Waals surface area contributed by atoms with E-state index >= 15 is 0 Å². The quantitative estimate of drug-likeness (QED) is 0.507. The highest BCUT2D eigenvalue weighted by atomic mass is 16.5.